The van der Waals surface area contributed by atoms with Crippen molar-refractivity contribution in [3.8, 4) is 0 Å². The first-order valence-electron chi connectivity index (χ1n) is 5.94. The molecule has 0 aliphatic carbocycles. The van der Waals surface area contributed by atoms with Crippen LogP contribution in [0.1, 0.15) is 19.3 Å². The van der Waals surface area contributed by atoms with Crippen LogP contribution in [0.3, 0.4) is 0 Å². The lowest BCUT2D eigenvalue weighted by atomic mass is 10.1. The number of hydrogen-bond acceptors (Lipinski definition) is 3. The van der Waals surface area contributed by atoms with E-state index in [1.165, 1.54) is 6.42 Å². The Morgan fingerprint density at radius 1 is 1.19 bits per heavy atom. The number of rotatable bonds is 6. The number of carbonyl (C=O) groups excluding carboxylic acids is 1. The molecule has 2 amide bonds. The molecule has 5 nitrogen and oxygen atoms in total. The zero-order valence-corrected chi connectivity index (χ0v) is 10.0. The molecule has 1 saturated heterocycles. The van der Waals surface area contributed by atoms with Crippen molar-refractivity contribution in [3.05, 3.63) is 0 Å². The van der Waals surface area contributed by atoms with Gasteiger partial charge in [-0.1, -0.05) is 0 Å². The third kappa shape index (κ3) is 5.32. The first-order chi connectivity index (χ1) is 7.84. The molecule has 1 heterocycles. The Labute approximate surface area is 97.1 Å². The van der Waals surface area contributed by atoms with E-state index >= 15 is 0 Å². The molecule has 5 heteroatoms. The fraction of sp³-hybridized carbons (Fsp3) is 0.909. The van der Waals surface area contributed by atoms with Crippen molar-refractivity contribution in [2.45, 2.75) is 19.3 Å². The molecule has 0 spiro atoms. The minimum absolute atomic E-state index is 0.0371. The van der Waals surface area contributed by atoms with Crippen molar-refractivity contribution in [2.75, 3.05) is 46.6 Å². The molecule has 1 N–H and O–H groups in total. The highest BCUT2D eigenvalue weighted by molar-refractivity contribution is 5.74. The molecule has 16 heavy (non-hydrogen) atoms. The number of likely N-dealkylation sites (tertiary alicyclic amines) is 1. The zero-order chi connectivity index (χ0) is 11.6. The summed E-state index contributed by atoms with van der Waals surface area (Å²) in [6, 6.07) is 0.0371. The predicted octanol–water partition coefficient (Wildman–Crippen LogP) is 0.845. The van der Waals surface area contributed by atoms with E-state index in [0.717, 1.165) is 25.9 Å². The average Bonchev–Trinajstić information content (AvgIpc) is 2.34. The smallest absolute Gasteiger partial charge is 0.317 e. The summed E-state index contributed by atoms with van der Waals surface area (Å²) in [4.78, 5) is 13.5. The Hall–Kier alpha value is -0.810. The molecule has 1 fully saturated rings. The van der Waals surface area contributed by atoms with Crippen LogP contribution in [0.4, 0.5) is 4.79 Å². The van der Waals surface area contributed by atoms with Crippen molar-refractivity contribution in [3.63, 3.8) is 0 Å². The highest BCUT2D eigenvalue weighted by Crippen LogP contribution is 2.07. The van der Waals surface area contributed by atoms with E-state index in [9.17, 15) is 4.79 Å². The van der Waals surface area contributed by atoms with Gasteiger partial charge in [0.05, 0.1) is 19.8 Å². The number of carbonyl (C=O) groups is 1. The van der Waals surface area contributed by atoms with Crippen molar-refractivity contribution in [2.24, 2.45) is 0 Å². The zero-order valence-electron chi connectivity index (χ0n) is 10.0. The summed E-state index contributed by atoms with van der Waals surface area (Å²) >= 11 is 0. The number of urea groups is 1. The number of piperidine rings is 1. The monoisotopic (exact) mass is 230 g/mol. The standard InChI is InChI=1S/C11H22N2O3/c1-15-9-10-16-8-5-12-11(14)13-6-3-2-4-7-13/h2-10H2,1H3,(H,12,14). The van der Waals surface area contributed by atoms with Gasteiger partial charge in [-0.25, -0.2) is 4.79 Å². The highest BCUT2D eigenvalue weighted by atomic mass is 16.5. The number of hydrogen-bond donors (Lipinski definition) is 1. The predicted molar refractivity (Wildman–Crippen MR) is 61.5 cm³/mol. The molecule has 1 aliphatic rings. The number of ether oxygens (including phenoxy) is 2. The van der Waals surface area contributed by atoms with Gasteiger partial charge < -0.3 is 19.7 Å². The van der Waals surface area contributed by atoms with Crippen LogP contribution in [-0.4, -0.2) is 57.5 Å². The quantitative estimate of drug-likeness (QED) is 0.688. The second-order valence-corrected chi connectivity index (χ2v) is 3.88. The molecule has 0 atom stereocenters. The Kier molecular flexibility index (Phi) is 6.92. The number of amides is 2. The van der Waals surface area contributed by atoms with Crippen LogP contribution in [-0.2, 0) is 9.47 Å². The first kappa shape index (κ1) is 13.3. The SMILES string of the molecule is COCCOCCNC(=O)N1CCCCC1. The van der Waals surface area contributed by atoms with Gasteiger partial charge in [-0.3, -0.25) is 0 Å². The Morgan fingerprint density at radius 3 is 2.62 bits per heavy atom. The fourth-order valence-electron chi connectivity index (χ4n) is 1.68. The summed E-state index contributed by atoms with van der Waals surface area (Å²) in [5.41, 5.74) is 0. The van der Waals surface area contributed by atoms with E-state index in [4.69, 9.17) is 9.47 Å². The summed E-state index contributed by atoms with van der Waals surface area (Å²) < 4.78 is 10.1. The molecule has 0 aromatic carbocycles. The largest absolute Gasteiger partial charge is 0.382 e. The normalized spacial score (nSPS) is 16.2. The van der Waals surface area contributed by atoms with E-state index in [0.29, 0.717) is 26.4 Å². The maximum absolute atomic E-state index is 11.6. The van der Waals surface area contributed by atoms with Crippen LogP contribution in [0.25, 0.3) is 0 Å². The highest BCUT2D eigenvalue weighted by Gasteiger charge is 2.15. The van der Waals surface area contributed by atoms with Crippen LogP contribution in [0, 0.1) is 0 Å². The molecule has 0 radical (unpaired) electrons. The third-order valence-electron chi connectivity index (χ3n) is 2.60. The maximum atomic E-state index is 11.6. The Morgan fingerprint density at radius 2 is 1.94 bits per heavy atom. The van der Waals surface area contributed by atoms with Crippen molar-refractivity contribution >= 4 is 6.03 Å². The van der Waals surface area contributed by atoms with Gasteiger partial charge in [0.1, 0.15) is 0 Å². The Bertz CT molecular complexity index is 194. The maximum Gasteiger partial charge on any atom is 0.317 e. The average molecular weight is 230 g/mol. The summed E-state index contributed by atoms with van der Waals surface area (Å²) in [6.07, 6.45) is 3.49. The van der Waals surface area contributed by atoms with Gasteiger partial charge in [0, 0.05) is 26.7 Å². The van der Waals surface area contributed by atoms with Gasteiger partial charge in [-0.2, -0.15) is 0 Å². The molecular weight excluding hydrogens is 208 g/mol. The number of nitrogens with zero attached hydrogens (tertiary/aromatic N) is 1. The minimum atomic E-state index is 0.0371. The molecule has 0 saturated carbocycles. The molecule has 1 aliphatic heterocycles. The van der Waals surface area contributed by atoms with Crippen LogP contribution in [0.5, 0.6) is 0 Å². The second-order valence-electron chi connectivity index (χ2n) is 3.88. The minimum Gasteiger partial charge on any atom is -0.382 e. The van der Waals surface area contributed by atoms with Crippen LogP contribution < -0.4 is 5.32 Å². The molecule has 0 aromatic heterocycles. The van der Waals surface area contributed by atoms with E-state index in [1.54, 1.807) is 7.11 Å². The van der Waals surface area contributed by atoms with Gasteiger partial charge in [-0.05, 0) is 19.3 Å². The fourth-order valence-corrected chi connectivity index (χ4v) is 1.68. The lowest BCUT2D eigenvalue weighted by Gasteiger charge is -2.26. The lowest BCUT2D eigenvalue weighted by Crippen LogP contribution is -2.43. The van der Waals surface area contributed by atoms with Crippen LogP contribution in [0.2, 0.25) is 0 Å². The summed E-state index contributed by atoms with van der Waals surface area (Å²) in [5, 5.41) is 2.85. The van der Waals surface area contributed by atoms with Crippen molar-refractivity contribution in [1.29, 1.82) is 0 Å². The van der Waals surface area contributed by atoms with Gasteiger partial charge >= 0.3 is 6.03 Å². The van der Waals surface area contributed by atoms with E-state index < -0.39 is 0 Å². The van der Waals surface area contributed by atoms with Gasteiger partial charge in [0.15, 0.2) is 0 Å². The van der Waals surface area contributed by atoms with E-state index in [-0.39, 0.29) is 6.03 Å². The molecule has 0 unspecified atom stereocenters. The number of nitrogens with one attached hydrogen (secondary N) is 1. The molecular formula is C11H22N2O3. The summed E-state index contributed by atoms with van der Waals surface area (Å²) in [5.74, 6) is 0. The number of methoxy groups -OCH3 is 1. The summed E-state index contributed by atoms with van der Waals surface area (Å²) in [6.45, 7) is 4.06. The van der Waals surface area contributed by atoms with Gasteiger partial charge in [0.25, 0.3) is 0 Å². The third-order valence-corrected chi connectivity index (χ3v) is 2.60. The van der Waals surface area contributed by atoms with Gasteiger partial charge in [0.2, 0.25) is 0 Å². The Balaban J connectivity index is 1.97. The van der Waals surface area contributed by atoms with Gasteiger partial charge in [-0.15, -0.1) is 0 Å². The molecule has 1 rings (SSSR count). The summed E-state index contributed by atoms with van der Waals surface area (Å²) in [7, 11) is 1.64. The molecule has 0 bridgehead atoms. The molecule has 94 valence electrons. The van der Waals surface area contributed by atoms with Crippen molar-refractivity contribution in [1.82, 2.24) is 10.2 Å². The van der Waals surface area contributed by atoms with Crippen molar-refractivity contribution < 1.29 is 14.3 Å². The first-order valence-corrected chi connectivity index (χ1v) is 5.94. The molecule has 0 aromatic rings. The lowest BCUT2D eigenvalue weighted by molar-refractivity contribution is 0.0719. The second kappa shape index (κ2) is 8.35. The van der Waals surface area contributed by atoms with Crippen LogP contribution >= 0.6 is 0 Å². The van der Waals surface area contributed by atoms with Crippen LogP contribution in [0.15, 0.2) is 0 Å². The van der Waals surface area contributed by atoms with E-state index in [1.807, 2.05) is 4.90 Å². The topological polar surface area (TPSA) is 50.8 Å². The van der Waals surface area contributed by atoms with E-state index in [2.05, 4.69) is 5.32 Å².